The molecule has 0 bridgehead atoms. The maximum absolute atomic E-state index is 12.2. The zero-order chi connectivity index (χ0) is 16.9. The first-order valence-electron chi connectivity index (χ1n) is 7.56. The van der Waals surface area contributed by atoms with Crippen LogP contribution in [0.4, 0.5) is 0 Å². The molecule has 1 aromatic carbocycles. The third-order valence-electron chi connectivity index (χ3n) is 3.51. The number of hydrogen-bond acceptors (Lipinski definition) is 4. The van der Waals surface area contributed by atoms with E-state index in [-0.39, 0.29) is 5.91 Å². The number of allylic oxidation sites excluding steroid dienone is 1. The van der Waals surface area contributed by atoms with E-state index in [4.69, 9.17) is 4.42 Å². The van der Waals surface area contributed by atoms with E-state index in [9.17, 15) is 4.79 Å². The zero-order valence-electron chi connectivity index (χ0n) is 13.5. The zero-order valence-corrected chi connectivity index (χ0v) is 13.5. The lowest BCUT2D eigenvalue weighted by Gasteiger charge is -2.05. The van der Waals surface area contributed by atoms with Crippen LogP contribution in [-0.2, 0) is 0 Å². The number of carbonyl (C=O) groups excluding carboxylic acids is 1. The summed E-state index contributed by atoms with van der Waals surface area (Å²) in [5.41, 5.74) is 4.55. The molecule has 0 radical (unpaired) electrons. The van der Waals surface area contributed by atoms with Gasteiger partial charge < -0.3 is 4.42 Å². The Morgan fingerprint density at radius 1 is 1.21 bits per heavy atom. The first-order chi connectivity index (χ1) is 11.6. The van der Waals surface area contributed by atoms with Crippen LogP contribution in [0.25, 0.3) is 17.0 Å². The summed E-state index contributed by atoms with van der Waals surface area (Å²) in [4.78, 5) is 16.7. The van der Waals surface area contributed by atoms with Gasteiger partial charge in [-0.3, -0.25) is 9.78 Å². The van der Waals surface area contributed by atoms with Crippen molar-refractivity contribution in [2.24, 2.45) is 5.10 Å². The van der Waals surface area contributed by atoms with Crippen LogP contribution in [0.1, 0.15) is 27.6 Å². The molecule has 2 aromatic heterocycles. The maximum Gasteiger partial charge on any atom is 0.273 e. The predicted octanol–water partition coefficient (Wildman–Crippen LogP) is 3.87. The highest BCUT2D eigenvalue weighted by molar-refractivity contribution is 5.98. The van der Waals surface area contributed by atoms with Gasteiger partial charge in [0, 0.05) is 11.6 Å². The van der Waals surface area contributed by atoms with Crippen molar-refractivity contribution >= 4 is 29.1 Å². The average molecular weight is 319 g/mol. The van der Waals surface area contributed by atoms with E-state index in [0.29, 0.717) is 11.3 Å². The van der Waals surface area contributed by atoms with Gasteiger partial charge in [-0.15, -0.1) is 0 Å². The molecule has 5 nitrogen and oxygen atoms in total. The molecular weight excluding hydrogens is 302 g/mol. The maximum atomic E-state index is 12.2. The number of hydrazone groups is 1. The predicted molar refractivity (Wildman–Crippen MR) is 94.9 cm³/mol. The monoisotopic (exact) mass is 319 g/mol. The number of aromatic nitrogens is 1. The van der Waals surface area contributed by atoms with Crippen molar-refractivity contribution in [2.75, 3.05) is 0 Å². The topological polar surface area (TPSA) is 67.5 Å². The molecule has 0 unspecified atom stereocenters. The van der Waals surface area contributed by atoms with Crippen molar-refractivity contribution in [1.29, 1.82) is 0 Å². The summed E-state index contributed by atoms with van der Waals surface area (Å²) < 4.78 is 5.39. The summed E-state index contributed by atoms with van der Waals surface area (Å²) in [5.74, 6) is 1.29. The van der Waals surface area contributed by atoms with Crippen LogP contribution in [0.2, 0.25) is 0 Å². The fourth-order valence-corrected chi connectivity index (χ4v) is 2.32. The minimum atomic E-state index is -0.288. The van der Waals surface area contributed by atoms with Crippen LogP contribution in [0.5, 0.6) is 0 Å². The molecule has 3 rings (SSSR count). The Labute approximate surface area is 139 Å². The van der Waals surface area contributed by atoms with Gasteiger partial charge in [0.25, 0.3) is 5.91 Å². The number of para-hydroxylation sites is 1. The van der Waals surface area contributed by atoms with E-state index in [1.807, 2.05) is 56.3 Å². The van der Waals surface area contributed by atoms with Gasteiger partial charge in [0.05, 0.1) is 16.8 Å². The molecule has 0 saturated heterocycles. The number of pyridine rings is 1. The standard InChI is InChI=1S/C19H17N3O2/c1-13-9-10-16(24-13)7-5-11-20-22-19(23)17-12-15-6-3-4-8-18(15)21-14(17)2/h3-12H,1-2H3,(H,22,23)/b7-5+,20-11-. The number of carbonyl (C=O) groups is 1. The lowest BCUT2D eigenvalue weighted by atomic mass is 10.1. The number of nitrogens with one attached hydrogen (secondary N) is 1. The molecule has 0 aliphatic carbocycles. The second kappa shape index (κ2) is 6.91. The number of rotatable bonds is 4. The SMILES string of the molecule is Cc1ccc(/C=C/C=N\NC(=O)c2cc3ccccc3nc2C)o1. The highest BCUT2D eigenvalue weighted by Gasteiger charge is 2.10. The minimum absolute atomic E-state index is 0.288. The fraction of sp³-hybridized carbons (Fsp3) is 0.105. The smallest absolute Gasteiger partial charge is 0.273 e. The molecule has 1 N–H and O–H groups in total. The van der Waals surface area contributed by atoms with Gasteiger partial charge in [0.1, 0.15) is 11.5 Å². The van der Waals surface area contributed by atoms with Crippen molar-refractivity contribution in [3.63, 3.8) is 0 Å². The van der Waals surface area contributed by atoms with Crippen molar-refractivity contribution in [1.82, 2.24) is 10.4 Å². The summed E-state index contributed by atoms with van der Waals surface area (Å²) in [6.45, 7) is 3.69. The number of fused-ring (bicyclic) bond motifs is 1. The number of furan rings is 1. The number of nitrogens with zero attached hydrogens (tertiary/aromatic N) is 2. The second-order valence-corrected chi connectivity index (χ2v) is 5.34. The molecule has 0 saturated carbocycles. The number of hydrogen-bond donors (Lipinski definition) is 1. The van der Waals surface area contributed by atoms with Gasteiger partial charge in [-0.1, -0.05) is 18.2 Å². The average Bonchev–Trinajstić information content (AvgIpc) is 2.99. The molecule has 1 amide bonds. The van der Waals surface area contributed by atoms with Crippen LogP contribution in [-0.4, -0.2) is 17.1 Å². The second-order valence-electron chi connectivity index (χ2n) is 5.34. The van der Waals surface area contributed by atoms with Crippen LogP contribution in [0.15, 0.2) is 58.1 Å². The molecule has 120 valence electrons. The van der Waals surface area contributed by atoms with Gasteiger partial charge in [0.15, 0.2) is 0 Å². The summed E-state index contributed by atoms with van der Waals surface area (Å²) in [6, 6.07) is 13.3. The largest absolute Gasteiger partial charge is 0.462 e. The Morgan fingerprint density at radius 3 is 2.83 bits per heavy atom. The highest BCUT2D eigenvalue weighted by atomic mass is 16.3. The Balaban J connectivity index is 1.67. The molecule has 0 atom stereocenters. The van der Waals surface area contributed by atoms with Crippen LogP contribution < -0.4 is 5.43 Å². The molecule has 5 heteroatoms. The Kier molecular flexibility index (Phi) is 4.52. The van der Waals surface area contributed by atoms with E-state index in [1.54, 1.807) is 12.2 Å². The Hall–Kier alpha value is -3.21. The molecule has 0 aliphatic heterocycles. The van der Waals surface area contributed by atoms with Crippen LogP contribution in [0, 0.1) is 13.8 Å². The van der Waals surface area contributed by atoms with Crippen molar-refractivity contribution in [2.45, 2.75) is 13.8 Å². The molecule has 0 fully saturated rings. The van der Waals surface area contributed by atoms with E-state index >= 15 is 0 Å². The van der Waals surface area contributed by atoms with Crippen LogP contribution in [0.3, 0.4) is 0 Å². The van der Waals surface area contributed by atoms with Gasteiger partial charge in [-0.05, 0) is 50.3 Å². The third kappa shape index (κ3) is 3.57. The summed E-state index contributed by atoms with van der Waals surface area (Å²) in [7, 11) is 0. The van der Waals surface area contributed by atoms with Crippen LogP contribution >= 0.6 is 0 Å². The van der Waals surface area contributed by atoms with E-state index < -0.39 is 0 Å². The van der Waals surface area contributed by atoms with Gasteiger partial charge >= 0.3 is 0 Å². The first-order valence-corrected chi connectivity index (χ1v) is 7.56. The molecular formula is C19H17N3O2. The normalized spacial score (nSPS) is 11.6. The summed E-state index contributed by atoms with van der Waals surface area (Å²) in [5, 5.41) is 4.83. The third-order valence-corrected chi connectivity index (χ3v) is 3.51. The van der Waals surface area contributed by atoms with Crippen molar-refractivity contribution in [3.8, 4) is 0 Å². The molecule has 0 spiro atoms. The number of aryl methyl sites for hydroxylation is 2. The molecule has 2 heterocycles. The fourth-order valence-electron chi connectivity index (χ4n) is 2.32. The van der Waals surface area contributed by atoms with E-state index in [0.717, 1.165) is 22.4 Å². The highest BCUT2D eigenvalue weighted by Crippen LogP contribution is 2.16. The molecule has 24 heavy (non-hydrogen) atoms. The number of amides is 1. The first kappa shape index (κ1) is 15.7. The lowest BCUT2D eigenvalue weighted by molar-refractivity contribution is 0.0954. The summed E-state index contributed by atoms with van der Waals surface area (Å²) in [6.07, 6.45) is 4.97. The van der Waals surface area contributed by atoms with Gasteiger partial charge in [-0.2, -0.15) is 5.10 Å². The minimum Gasteiger partial charge on any atom is -0.462 e. The number of benzene rings is 1. The van der Waals surface area contributed by atoms with Crippen molar-refractivity contribution in [3.05, 3.63) is 71.3 Å². The van der Waals surface area contributed by atoms with E-state index in [2.05, 4.69) is 15.5 Å². The Bertz CT molecular complexity index is 939. The van der Waals surface area contributed by atoms with Crippen molar-refractivity contribution < 1.29 is 9.21 Å². The van der Waals surface area contributed by atoms with Gasteiger partial charge in [0.2, 0.25) is 0 Å². The Morgan fingerprint density at radius 2 is 2.04 bits per heavy atom. The van der Waals surface area contributed by atoms with E-state index in [1.165, 1.54) is 6.21 Å². The molecule has 0 aliphatic rings. The van der Waals surface area contributed by atoms with Gasteiger partial charge in [-0.25, -0.2) is 5.43 Å². The summed E-state index contributed by atoms with van der Waals surface area (Å²) >= 11 is 0. The quantitative estimate of drug-likeness (QED) is 0.586. The molecule has 3 aromatic rings. The lowest BCUT2D eigenvalue weighted by Crippen LogP contribution is -2.19.